The lowest BCUT2D eigenvalue weighted by Gasteiger charge is -2.07. The average molecular weight is 226 g/mol. The smallest absolute Gasteiger partial charge is 0.259 e. The summed E-state index contributed by atoms with van der Waals surface area (Å²) in [5.41, 5.74) is 5.35. The van der Waals surface area contributed by atoms with Crippen molar-refractivity contribution in [2.45, 2.75) is 12.5 Å². The van der Waals surface area contributed by atoms with E-state index in [1.807, 2.05) is 0 Å². The van der Waals surface area contributed by atoms with Crippen LogP contribution < -0.4 is 5.73 Å². The molecule has 0 radical (unpaired) electrons. The standard InChI is InChI=1S/C5H6BrF2N3/c6-2-1-10-11-4(2)3(9)5(7)8/h1,3,5H,9H2,(H,10,11). The van der Waals surface area contributed by atoms with Gasteiger partial charge in [0.15, 0.2) is 0 Å². The highest BCUT2D eigenvalue weighted by atomic mass is 79.9. The average Bonchev–Trinajstić information content (AvgIpc) is 2.33. The molecule has 62 valence electrons. The van der Waals surface area contributed by atoms with E-state index < -0.39 is 12.5 Å². The van der Waals surface area contributed by atoms with E-state index in [4.69, 9.17) is 5.73 Å². The highest BCUT2D eigenvalue weighted by Gasteiger charge is 2.21. The predicted molar refractivity (Wildman–Crippen MR) is 39.2 cm³/mol. The van der Waals surface area contributed by atoms with Gasteiger partial charge in [-0.25, -0.2) is 8.78 Å². The SMILES string of the molecule is NC(c1[nH]ncc1Br)C(F)F. The monoisotopic (exact) mass is 225 g/mol. The van der Waals surface area contributed by atoms with Crippen LogP contribution in [0.2, 0.25) is 0 Å². The Morgan fingerprint density at radius 3 is 2.64 bits per heavy atom. The Morgan fingerprint density at radius 2 is 2.27 bits per heavy atom. The molecule has 0 fully saturated rings. The predicted octanol–water partition coefficient (Wildman–Crippen LogP) is 1.44. The second kappa shape index (κ2) is 3.27. The van der Waals surface area contributed by atoms with Crippen molar-refractivity contribution in [3.8, 4) is 0 Å². The quantitative estimate of drug-likeness (QED) is 0.801. The van der Waals surface area contributed by atoms with Crippen LogP contribution in [-0.4, -0.2) is 16.6 Å². The van der Waals surface area contributed by atoms with E-state index in [1.54, 1.807) is 0 Å². The third-order valence-corrected chi connectivity index (χ3v) is 1.86. The summed E-state index contributed by atoms with van der Waals surface area (Å²) in [6.45, 7) is 0. The van der Waals surface area contributed by atoms with Gasteiger partial charge in [-0.05, 0) is 15.9 Å². The molecule has 3 N–H and O–H groups in total. The second-order valence-corrected chi connectivity index (χ2v) is 2.85. The number of nitrogens with two attached hydrogens (primary N) is 1. The fraction of sp³-hybridized carbons (Fsp3) is 0.400. The fourth-order valence-corrected chi connectivity index (χ4v) is 1.10. The molecule has 1 aromatic heterocycles. The summed E-state index contributed by atoms with van der Waals surface area (Å²) in [5.74, 6) is 0. The molecule has 1 atom stereocenters. The molecule has 11 heavy (non-hydrogen) atoms. The first-order chi connectivity index (χ1) is 5.13. The van der Waals surface area contributed by atoms with E-state index >= 15 is 0 Å². The van der Waals surface area contributed by atoms with Crippen molar-refractivity contribution in [2.24, 2.45) is 5.73 Å². The Morgan fingerprint density at radius 1 is 1.64 bits per heavy atom. The molecule has 1 rings (SSSR count). The Hall–Kier alpha value is -0.490. The number of rotatable bonds is 2. The van der Waals surface area contributed by atoms with E-state index in [0.29, 0.717) is 4.47 Å². The third kappa shape index (κ3) is 1.75. The topological polar surface area (TPSA) is 54.7 Å². The van der Waals surface area contributed by atoms with Crippen LogP contribution in [0.25, 0.3) is 0 Å². The lowest BCUT2D eigenvalue weighted by atomic mass is 10.2. The van der Waals surface area contributed by atoms with E-state index in [1.165, 1.54) is 6.20 Å². The van der Waals surface area contributed by atoms with Gasteiger partial charge in [0.2, 0.25) is 0 Å². The number of hydrogen-bond donors (Lipinski definition) is 2. The number of hydrogen-bond acceptors (Lipinski definition) is 2. The summed E-state index contributed by atoms with van der Waals surface area (Å²) >= 11 is 3.03. The minimum absolute atomic E-state index is 0.222. The van der Waals surface area contributed by atoms with Gasteiger partial charge in [0.05, 0.1) is 16.4 Å². The van der Waals surface area contributed by atoms with Gasteiger partial charge in [-0.2, -0.15) is 5.10 Å². The normalized spacial score (nSPS) is 13.9. The molecule has 0 aliphatic rings. The number of nitrogens with one attached hydrogen (secondary N) is 1. The minimum Gasteiger partial charge on any atom is -0.318 e. The van der Waals surface area contributed by atoms with Crippen LogP contribution in [0.3, 0.4) is 0 Å². The Labute approximate surface area is 70.1 Å². The summed E-state index contributed by atoms with van der Waals surface area (Å²) in [7, 11) is 0. The van der Waals surface area contributed by atoms with Crippen molar-refractivity contribution in [3.05, 3.63) is 16.4 Å². The van der Waals surface area contributed by atoms with Gasteiger partial charge in [-0.3, -0.25) is 5.10 Å². The molecule has 0 aliphatic carbocycles. The summed E-state index contributed by atoms with van der Waals surface area (Å²) < 4.78 is 24.4. The molecule has 0 aliphatic heterocycles. The zero-order valence-corrected chi connectivity index (χ0v) is 6.98. The summed E-state index contributed by atoms with van der Waals surface area (Å²) in [5, 5.41) is 5.92. The van der Waals surface area contributed by atoms with E-state index in [0.717, 1.165) is 0 Å². The highest BCUT2D eigenvalue weighted by molar-refractivity contribution is 9.10. The van der Waals surface area contributed by atoms with Gasteiger partial charge in [0, 0.05) is 0 Å². The minimum atomic E-state index is -2.58. The third-order valence-electron chi connectivity index (χ3n) is 1.22. The summed E-state index contributed by atoms with van der Waals surface area (Å²) in [6, 6.07) is -1.30. The second-order valence-electron chi connectivity index (χ2n) is 1.99. The van der Waals surface area contributed by atoms with Crippen LogP contribution in [0.4, 0.5) is 8.78 Å². The zero-order chi connectivity index (χ0) is 8.43. The zero-order valence-electron chi connectivity index (χ0n) is 5.39. The maximum atomic E-state index is 12.0. The van der Waals surface area contributed by atoms with Crippen LogP contribution in [0.15, 0.2) is 10.7 Å². The molecule has 6 heteroatoms. The molecule has 0 amide bonds. The van der Waals surface area contributed by atoms with Crippen molar-refractivity contribution in [3.63, 3.8) is 0 Å². The maximum Gasteiger partial charge on any atom is 0.259 e. The number of aromatic amines is 1. The molecule has 1 aromatic rings. The molecule has 0 saturated carbocycles. The van der Waals surface area contributed by atoms with Gasteiger partial charge >= 0.3 is 0 Å². The molecule has 1 unspecified atom stereocenters. The Bertz CT molecular complexity index is 237. The first kappa shape index (κ1) is 8.61. The lowest BCUT2D eigenvalue weighted by Crippen LogP contribution is -2.19. The molecule has 3 nitrogen and oxygen atoms in total. The number of alkyl halides is 2. The fourth-order valence-electron chi connectivity index (χ4n) is 0.641. The molecule has 0 spiro atoms. The number of aromatic nitrogens is 2. The first-order valence-electron chi connectivity index (χ1n) is 2.85. The molecular formula is C5H6BrF2N3. The van der Waals surface area contributed by atoms with E-state index in [9.17, 15) is 8.78 Å². The van der Waals surface area contributed by atoms with Crippen LogP contribution in [0, 0.1) is 0 Å². The molecule has 0 bridgehead atoms. The summed E-state index contributed by atoms with van der Waals surface area (Å²) in [4.78, 5) is 0. The van der Waals surface area contributed by atoms with Gasteiger partial charge in [0.1, 0.15) is 6.04 Å². The highest BCUT2D eigenvalue weighted by Crippen LogP contribution is 2.22. The summed E-state index contributed by atoms with van der Waals surface area (Å²) in [6.07, 6.45) is -1.19. The van der Waals surface area contributed by atoms with Gasteiger partial charge in [0.25, 0.3) is 6.43 Å². The first-order valence-corrected chi connectivity index (χ1v) is 3.64. The van der Waals surface area contributed by atoms with Crippen molar-refractivity contribution in [1.29, 1.82) is 0 Å². The van der Waals surface area contributed by atoms with Crippen LogP contribution in [0.1, 0.15) is 11.7 Å². The maximum absolute atomic E-state index is 12.0. The van der Waals surface area contributed by atoms with Crippen LogP contribution >= 0.6 is 15.9 Å². The van der Waals surface area contributed by atoms with Gasteiger partial charge in [-0.15, -0.1) is 0 Å². The van der Waals surface area contributed by atoms with Crippen LogP contribution in [-0.2, 0) is 0 Å². The Kier molecular flexibility index (Phi) is 2.56. The number of nitrogens with zero attached hydrogens (tertiary/aromatic N) is 1. The van der Waals surface area contributed by atoms with E-state index in [2.05, 4.69) is 26.1 Å². The van der Waals surface area contributed by atoms with E-state index in [-0.39, 0.29) is 5.69 Å². The van der Waals surface area contributed by atoms with Gasteiger partial charge < -0.3 is 5.73 Å². The molecule has 0 saturated heterocycles. The van der Waals surface area contributed by atoms with Crippen molar-refractivity contribution in [1.82, 2.24) is 10.2 Å². The number of halogens is 3. The van der Waals surface area contributed by atoms with Crippen molar-refractivity contribution >= 4 is 15.9 Å². The molecular weight excluding hydrogens is 220 g/mol. The molecule has 1 heterocycles. The van der Waals surface area contributed by atoms with Crippen molar-refractivity contribution < 1.29 is 8.78 Å². The Balaban J connectivity index is 2.84. The lowest BCUT2D eigenvalue weighted by molar-refractivity contribution is 0.114. The molecule has 0 aromatic carbocycles. The van der Waals surface area contributed by atoms with Gasteiger partial charge in [-0.1, -0.05) is 0 Å². The number of H-pyrrole nitrogens is 1. The van der Waals surface area contributed by atoms with Crippen LogP contribution in [0.5, 0.6) is 0 Å². The largest absolute Gasteiger partial charge is 0.318 e. The van der Waals surface area contributed by atoms with Crippen molar-refractivity contribution in [2.75, 3.05) is 0 Å².